The highest BCUT2D eigenvalue weighted by Gasteiger charge is 2.19. The quantitative estimate of drug-likeness (QED) is 0.440. The number of piperazine rings is 1. The van der Waals surface area contributed by atoms with Gasteiger partial charge in [0.25, 0.3) is 0 Å². The Hall–Kier alpha value is -2.93. The van der Waals surface area contributed by atoms with Crippen molar-refractivity contribution in [1.82, 2.24) is 15.3 Å². The van der Waals surface area contributed by atoms with Gasteiger partial charge in [0.2, 0.25) is 11.8 Å². The van der Waals surface area contributed by atoms with Crippen LogP contribution in [0.1, 0.15) is 31.2 Å². The molecule has 0 bridgehead atoms. The van der Waals surface area contributed by atoms with Crippen LogP contribution in [0.2, 0.25) is 0 Å². The maximum Gasteiger partial charge on any atom is 0.238 e. The highest BCUT2D eigenvalue weighted by atomic mass is 16.2. The number of rotatable bonds is 6. The molecule has 0 saturated carbocycles. The molecule has 1 saturated heterocycles. The van der Waals surface area contributed by atoms with E-state index in [4.69, 9.17) is 10.8 Å². The van der Waals surface area contributed by atoms with Gasteiger partial charge < -0.3 is 9.80 Å². The molecule has 7 nitrogen and oxygen atoms in total. The smallest absolute Gasteiger partial charge is 0.238 e. The molecule has 1 aliphatic rings. The van der Waals surface area contributed by atoms with Crippen LogP contribution in [-0.4, -0.2) is 47.9 Å². The van der Waals surface area contributed by atoms with Gasteiger partial charge in [-0.3, -0.25) is 15.0 Å². The van der Waals surface area contributed by atoms with E-state index in [0.717, 1.165) is 56.1 Å². The molecule has 0 radical (unpaired) electrons. The molecule has 0 aliphatic carbocycles. The van der Waals surface area contributed by atoms with Crippen molar-refractivity contribution in [1.29, 1.82) is 0 Å². The highest BCUT2D eigenvalue weighted by molar-refractivity contribution is 5.77. The third kappa shape index (κ3) is 6.29. The minimum Gasteiger partial charge on any atom is -0.353 e. The van der Waals surface area contributed by atoms with Crippen LogP contribution < -0.4 is 16.2 Å². The van der Waals surface area contributed by atoms with Crippen molar-refractivity contribution in [3.63, 3.8) is 0 Å². The van der Waals surface area contributed by atoms with E-state index in [1.165, 1.54) is 5.56 Å². The fraction of sp³-hybridized carbons (Fsp3) is 0.409. The minimum absolute atomic E-state index is 0. The maximum absolute atomic E-state index is 11.5. The van der Waals surface area contributed by atoms with E-state index in [1.807, 2.05) is 41.3 Å². The summed E-state index contributed by atoms with van der Waals surface area (Å²) < 4.78 is 0. The first-order valence-electron chi connectivity index (χ1n) is 9.59. The van der Waals surface area contributed by atoms with Gasteiger partial charge >= 0.3 is 0 Å². The molecule has 1 fully saturated rings. The number of benzene rings is 1. The number of aromatic nitrogens is 1. The summed E-state index contributed by atoms with van der Waals surface area (Å²) in [6, 6.07) is 14.1. The van der Waals surface area contributed by atoms with Crippen molar-refractivity contribution < 1.29 is 9.59 Å². The molecule has 1 aromatic carbocycles. The molecule has 0 spiro atoms. The summed E-state index contributed by atoms with van der Waals surface area (Å²) in [5.74, 6) is 6.04. The maximum atomic E-state index is 11.5. The Morgan fingerprint density at radius 3 is 2.28 bits per heavy atom. The van der Waals surface area contributed by atoms with Gasteiger partial charge in [0, 0.05) is 38.8 Å². The van der Waals surface area contributed by atoms with Crippen LogP contribution in [0.5, 0.6) is 0 Å². The molecule has 3 N–H and O–H groups in total. The molecule has 1 aromatic heterocycles. The zero-order chi connectivity index (χ0) is 19.9. The first-order chi connectivity index (χ1) is 13.5. The summed E-state index contributed by atoms with van der Waals surface area (Å²) >= 11 is 0. The van der Waals surface area contributed by atoms with Crippen LogP contribution in [-0.2, 0) is 28.9 Å². The monoisotopic (exact) mass is 397 g/mol. The summed E-state index contributed by atoms with van der Waals surface area (Å²) in [7, 11) is 0. The van der Waals surface area contributed by atoms with Gasteiger partial charge in [-0.1, -0.05) is 37.8 Å². The van der Waals surface area contributed by atoms with Gasteiger partial charge in [-0.15, -0.1) is 0 Å². The third-order valence-electron chi connectivity index (χ3n) is 5.06. The lowest BCUT2D eigenvalue weighted by Crippen LogP contribution is -2.48. The molecule has 1 aliphatic heterocycles. The van der Waals surface area contributed by atoms with Crippen molar-refractivity contribution in [2.75, 3.05) is 31.1 Å². The number of carbonyl (C=O) groups is 2. The van der Waals surface area contributed by atoms with Crippen molar-refractivity contribution in [2.45, 2.75) is 33.6 Å². The Bertz CT molecular complexity index is 814. The summed E-state index contributed by atoms with van der Waals surface area (Å²) in [4.78, 5) is 31.7. The number of hydrogen-bond acceptors (Lipinski definition) is 5. The summed E-state index contributed by atoms with van der Waals surface area (Å²) in [6.45, 7) is 4.74. The number of hydrazine groups is 1. The van der Waals surface area contributed by atoms with E-state index in [0.29, 0.717) is 0 Å². The lowest BCUT2D eigenvalue weighted by atomic mass is 10.0. The Labute approximate surface area is 172 Å². The molecule has 0 unspecified atom stereocenters. The fourth-order valence-electron chi connectivity index (χ4n) is 3.37. The topological polar surface area (TPSA) is 91.6 Å². The van der Waals surface area contributed by atoms with Crippen molar-refractivity contribution in [3.8, 4) is 0 Å². The van der Waals surface area contributed by atoms with Gasteiger partial charge in [-0.05, 0) is 36.1 Å². The molecule has 2 heterocycles. The Balaban J connectivity index is 0.00000300. The van der Waals surface area contributed by atoms with Crippen LogP contribution >= 0.6 is 0 Å². The molecule has 2 aromatic rings. The van der Waals surface area contributed by atoms with Crippen LogP contribution in [0.3, 0.4) is 0 Å². The Kier molecular flexibility index (Phi) is 8.15. The van der Waals surface area contributed by atoms with Gasteiger partial charge in [0.15, 0.2) is 0 Å². The van der Waals surface area contributed by atoms with Crippen LogP contribution in [0.4, 0.5) is 5.82 Å². The molecule has 7 heteroatoms. The average Bonchev–Trinajstić information content (AvgIpc) is 2.73. The van der Waals surface area contributed by atoms with Crippen LogP contribution in [0.15, 0.2) is 42.5 Å². The molecule has 0 atom stereocenters. The van der Waals surface area contributed by atoms with Crippen molar-refractivity contribution >= 4 is 17.6 Å². The second-order valence-electron chi connectivity index (χ2n) is 7.04. The predicted molar refractivity (Wildman–Crippen MR) is 115 cm³/mol. The fourth-order valence-corrected chi connectivity index (χ4v) is 3.37. The average molecular weight is 398 g/mol. The normalized spacial score (nSPS) is 13.6. The number of nitrogens with one attached hydrogen (secondary N) is 1. The lowest BCUT2D eigenvalue weighted by molar-refractivity contribution is -0.129. The Morgan fingerprint density at radius 1 is 1.00 bits per heavy atom. The highest BCUT2D eigenvalue weighted by Crippen LogP contribution is 2.16. The van der Waals surface area contributed by atoms with Crippen molar-refractivity contribution in [3.05, 3.63) is 59.3 Å². The molecule has 2 amide bonds. The first kappa shape index (κ1) is 22.4. The zero-order valence-electron chi connectivity index (χ0n) is 16.2. The third-order valence-corrected chi connectivity index (χ3v) is 5.06. The van der Waals surface area contributed by atoms with Crippen LogP contribution in [0.25, 0.3) is 0 Å². The largest absolute Gasteiger partial charge is 0.353 e. The van der Waals surface area contributed by atoms with Crippen LogP contribution in [0, 0.1) is 0 Å². The van der Waals surface area contributed by atoms with Gasteiger partial charge in [0.05, 0.1) is 6.42 Å². The van der Waals surface area contributed by atoms with E-state index in [2.05, 4.69) is 16.4 Å². The second-order valence-corrected chi connectivity index (χ2v) is 7.04. The predicted octanol–water partition coefficient (Wildman–Crippen LogP) is 1.70. The van der Waals surface area contributed by atoms with Crippen molar-refractivity contribution in [2.24, 2.45) is 5.84 Å². The number of carbonyl (C=O) groups excluding carboxylic acids is 2. The van der Waals surface area contributed by atoms with E-state index in [9.17, 15) is 9.59 Å². The number of amides is 2. The number of nitrogens with two attached hydrogens (primary N) is 1. The SMILES string of the molecule is C.CC(=O)N1CCN(c2cccc(CCc3ccc(CC(=O)NN)cc3)n2)CC1. The number of aryl methyl sites for hydroxylation is 2. The van der Waals surface area contributed by atoms with Gasteiger partial charge in [0.1, 0.15) is 5.82 Å². The Morgan fingerprint density at radius 2 is 1.66 bits per heavy atom. The van der Waals surface area contributed by atoms with Gasteiger partial charge in [-0.25, -0.2) is 10.8 Å². The van der Waals surface area contributed by atoms with E-state index in [1.54, 1.807) is 6.92 Å². The second kappa shape index (κ2) is 10.6. The van der Waals surface area contributed by atoms with E-state index < -0.39 is 0 Å². The number of hydrogen-bond donors (Lipinski definition) is 2. The number of pyridine rings is 1. The molecule has 3 rings (SSSR count). The molecular formula is C22H31N5O2. The van der Waals surface area contributed by atoms with Gasteiger partial charge in [-0.2, -0.15) is 0 Å². The number of nitrogens with zero attached hydrogens (tertiary/aromatic N) is 3. The van der Waals surface area contributed by atoms with E-state index in [-0.39, 0.29) is 25.7 Å². The van der Waals surface area contributed by atoms with E-state index >= 15 is 0 Å². The molecule has 29 heavy (non-hydrogen) atoms. The first-order valence-corrected chi connectivity index (χ1v) is 9.59. The molecule has 156 valence electrons. The summed E-state index contributed by atoms with van der Waals surface area (Å²) in [6.07, 6.45) is 2.03. The number of anilines is 1. The zero-order valence-corrected chi connectivity index (χ0v) is 16.2. The minimum atomic E-state index is -0.196. The molecular weight excluding hydrogens is 366 g/mol. The summed E-state index contributed by atoms with van der Waals surface area (Å²) in [5, 5.41) is 0. The lowest BCUT2D eigenvalue weighted by Gasteiger charge is -2.35. The summed E-state index contributed by atoms with van der Waals surface area (Å²) in [5.41, 5.74) is 5.35. The standard InChI is InChI=1S/C21H27N5O2.CH4/c1-16(27)25-11-13-26(14-12-25)20-4-2-3-19(23-20)10-9-17-5-7-18(8-6-17)15-21(28)24-22;/h2-8H,9-15,22H2,1H3,(H,24,28);1H4.